The molecule has 0 unspecified atom stereocenters. The molecule has 0 amide bonds. The van der Waals surface area contributed by atoms with E-state index in [1.54, 1.807) is 0 Å². The van der Waals surface area contributed by atoms with Crippen LogP contribution in [-0.4, -0.2) is 6.61 Å². The fraction of sp³-hybridized carbons (Fsp3) is 0.455. The van der Waals surface area contributed by atoms with Crippen LogP contribution in [0.15, 0.2) is 30.3 Å². The molecule has 0 atom stereocenters. The molecule has 0 aromatic heterocycles. The first-order valence-corrected chi connectivity index (χ1v) is 4.61. The van der Waals surface area contributed by atoms with Crippen molar-refractivity contribution < 1.29 is 35.7 Å². The second-order valence-electron chi connectivity index (χ2n) is 2.87. The molecule has 0 fully saturated rings. The average molecular weight is 188 g/mol. The molecule has 0 saturated carbocycles. The summed E-state index contributed by atoms with van der Waals surface area (Å²) in [5.74, 6) is 0.980. The van der Waals surface area contributed by atoms with Crippen LogP contribution in [-0.2, 0) is 0 Å². The number of hydrogen-bond donors (Lipinski definition) is 0. The van der Waals surface area contributed by atoms with Crippen LogP contribution in [0.5, 0.6) is 5.75 Å². The van der Waals surface area contributed by atoms with Gasteiger partial charge < -0.3 is 6.16 Å². The van der Waals surface area contributed by atoms with Gasteiger partial charge >= 0.3 is 29.6 Å². The maximum Gasteiger partial charge on any atom is 1.00 e. The van der Waals surface area contributed by atoms with Crippen LogP contribution in [0.3, 0.4) is 0 Å². The summed E-state index contributed by atoms with van der Waals surface area (Å²) in [6.45, 7) is 3.04. The summed E-state index contributed by atoms with van der Waals surface area (Å²) < 4.78 is 5.51. The molecule has 1 rings (SSSR count). The third-order valence-corrected chi connectivity index (χ3v) is 1.76. The minimum Gasteiger partial charge on any atom is -1.00 e. The van der Waals surface area contributed by atoms with Crippen LogP contribution in [0.1, 0.15) is 27.6 Å². The van der Waals surface area contributed by atoms with Crippen LogP contribution in [0.4, 0.5) is 0 Å². The normalized spacial score (nSPS) is 9.00. The Hall–Kier alpha value is 0.0200. The molecule has 68 valence electrons. The predicted molar refractivity (Wildman–Crippen MR) is 52.6 cm³/mol. The van der Waals surface area contributed by atoms with Crippen molar-refractivity contribution in [2.75, 3.05) is 6.61 Å². The summed E-state index contributed by atoms with van der Waals surface area (Å²) in [5, 5.41) is 0. The van der Waals surface area contributed by atoms with E-state index in [-0.39, 0.29) is 31.0 Å². The number of rotatable bonds is 5. The Morgan fingerprint density at radius 2 is 1.85 bits per heavy atom. The fourth-order valence-electron chi connectivity index (χ4n) is 1.06. The van der Waals surface area contributed by atoms with Crippen molar-refractivity contribution in [1.82, 2.24) is 0 Å². The molecule has 0 spiro atoms. The standard InChI is InChI=1S/C11H16O.Na.H/c1-2-3-7-10-12-11-8-5-4-6-9-11;;/h4-6,8-9H,2-3,7,10H2,1H3;;/q;+1;-1. The van der Waals surface area contributed by atoms with Gasteiger partial charge in [-0.2, -0.15) is 0 Å². The Morgan fingerprint density at radius 3 is 2.46 bits per heavy atom. The first kappa shape index (κ1) is 13.0. The van der Waals surface area contributed by atoms with E-state index in [9.17, 15) is 0 Å². The van der Waals surface area contributed by atoms with Crippen molar-refractivity contribution in [3.63, 3.8) is 0 Å². The molecule has 0 saturated heterocycles. The van der Waals surface area contributed by atoms with E-state index in [1.807, 2.05) is 30.3 Å². The maximum atomic E-state index is 5.51. The van der Waals surface area contributed by atoms with Crippen molar-refractivity contribution >= 4 is 0 Å². The molecule has 1 nitrogen and oxygen atoms in total. The summed E-state index contributed by atoms with van der Waals surface area (Å²) in [5.41, 5.74) is 0. The molecule has 1 aromatic rings. The fourth-order valence-corrected chi connectivity index (χ4v) is 1.06. The SMILES string of the molecule is CCCCCOc1ccccc1.[H-].[Na+]. The number of ether oxygens (including phenoxy) is 1. The summed E-state index contributed by atoms with van der Waals surface area (Å²) in [4.78, 5) is 0. The maximum absolute atomic E-state index is 5.51. The zero-order chi connectivity index (χ0) is 8.65. The molecular weight excluding hydrogens is 171 g/mol. The molecule has 0 heterocycles. The van der Waals surface area contributed by atoms with Crippen LogP contribution in [0.2, 0.25) is 0 Å². The first-order valence-electron chi connectivity index (χ1n) is 4.61. The van der Waals surface area contributed by atoms with Crippen molar-refractivity contribution in [1.29, 1.82) is 0 Å². The molecule has 2 heteroatoms. The van der Waals surface area contributed by atoms with Gasteiger partial charge in [0.25, 0.3) is 0 Å². The summed E-state index contributed by atoms with van der Waals surface area (Å²) in [6.07, 6.45) is 3.66. The number of unbranched alkanes of at least 4 members (excludes halogenated alkanes) is 2. The Balaban J connectivity index is 0. The van der Waals surface area contributed by atoms with Gasteiger partial charge in [-0.25, -0.2) is 0 Å². The van der Waals surface area contributed by atoms with E-state index in [2.05, 4.69) is 6.92 Å². The second-order valence-corrected chi connectivity index (χ2v) is 2.87. The summed E-state index contributed by atoms with van der Waals surface area (Å²) >= 11 is 0. The second kappa shape index (κ2) is 8.61. The molecule has 0 aliphatic carbocycles. The van der Waals surface area contributed by atoms with E-state index in [4.69, 9.17) is 4.74 Å². The third-order valence-electron chi connectivity index (χ3n) is 1.76. The minimum absolute atomic E-state index is 0. The van der Waals surface area contributed by atoms with Gasteiger partial charge in [-0.15, -0.1) is 0 Å². The minimum atomic E-state index is 0. The smallest absolute Gasteiger partial charge is 1.00 e. The van der Waals surface area contributed by atoms with Gasteiger partial charge in [0, 0.05) is 0 Å². The van der Waals surface area contributed by atoms with Gasteiger partial charge in [0.1, 0.15) is 5.75 Å². The zero-order valence-corrected chi connectivity index (χ0v) is 10.6. The van der Waals surface area contributed by atoms with Crippen LogP contribution in [0, 0.1) is 0 Å². The molecule has 0 bridgehead atoms. The van der Waals surface area contributed by atoms with E-state index in [0.717, 1.165) is 18.8 Å². The Labute approximate surface area is 104 Å². The average Bonchev–Trinajstić information content (AvgIpc) is 2.14. The third kappa shape index (κ3) is 6.14. The molecule has 0 N–H and O–H groups in total. The van der Waals surface area contributed by atoms with Gasteiger partial charge in [0.05, 0.1) is 6.61 Å². The summed E-state index contributed by atoms with van der Waals surface area (Å²) in [6, 6.07) is 9.97. The summed E-state index contributed by atoms with van der Waals surface area (Å²) in [7, 11) is 0. The Morgan fingerprint density at radius 1 is 1.15 bits per heavy atom. The Bertz CT molecular complexity index is 204. The Kier molecular flexibility index (Phi) is 8.62. The van der Waals surface area contributed by atoms with Crippen molar-refractivity contribution in [2.24, 2.45) is 0 Å². The molecule has 1 aromatic carbocycles. The topological polar surface area (TPSA) is 9.23 Å². The monoisotopic (exact) mass is 188 g/mol. The molecule has 0 radical (unpaired) electrons. The van der Waals surface area contributed by atoms with E-state index < -0.39 is 0 Å². The van der Waals surface area contributed by atoms with E-state index in [1.165, 1.54) is 12.8 Å². The van der Waals surface area contributed by atoms with Crippen molar-refractivity contribution in [3.8, 4) is 5.75 Å². The number of benzene rings is 1. The van der Waals surface area contributed by atoms with Crippen LogP contribution >= 0.6 is 0 Å². The largest absolute Gasteiger partial charge is 1.00 e. The predicted octanol–water partition coefficient (Wildman–Crippen LogP) is 0.372. The van der Waals surface area contributed by atoms with E-state index >= 15 is 0 Å². The van der Waals surface area contributed by atoms with E-state index in [0.29, 0.717) is 0 Å². The number of hydrogen-bond acceptors (Lipinski definition) is 1. The van der Waals surface area contributed by atoms with Gasteiger partial charge in [-0.05, 0) is 18.6 Å². The van der Waals surface area contributed by atoms with Crippen molar-refractivity contribution in [2.45, 2.75) is 26.2 Å². The van der Waals surface area contributed by atoms with Gasteiger partial charge in [0.15, 0.2) is 0 Å². The quantitative estimate of drug-likeness (QED) is 0.479. The van der Waals surface area contributed by atoms with Crippen LogP contribution < -0.4 is 34.3 Å². The zero-order valence-electron chi connectivity index (χ0n) is 9.62. The van der Waals surface area contributed by atoms with Crippen LogP contribution in [0.25, 0.3) is 0 Å². The molecular formula is C11H17NaO. The number of para-hydroxylation sites is 1. The van der Waals surface area contributed by atoms with Crippen molar-refractivity contribution in [3.05, 3.63) is 30.3 Å². The van der Waals surface area contributed by atoms with Gasteiger partial charge in [-0.1, -0.05) is 38.0 Å². The molecule has 0 aliphatic rings. The van der Waals surface area contributed by atoms with Gasteiger partial charge in [0.2, 0.25) is 0 Å². The first-order chi connectivity index (χ1) is 5.93. The molecule has 13 heavy (non-hydrogen) atoms. The molecule has 0 aliphatic heterocycles. The van der Waals surface area contributed by atoms with Gasteiger partial charge in [-0.3, -0.25) is 0 Å².